The lowest BCUT2D eigenvalue weighted by atomic mass is 10.2. The van der Waals surface area contributed by atoms with Crippen LogP contribution in [0.5, 0.6) is 0 Å². The number of rotatable bonds is 5. The van der Waals surface area contributed by atoms with Crippen molar-refractivity contribution in [2.45, 2.75) is 24.8 Å². The lowest BCUT2D eigenvalue weighted by Crippen LogP contribution is -2.41. The predicted molar refractivity (Wildman–Crippen MR) is 91.2 cm³/mol. The number of thiophene rings is 1. The van der Waals surface area contributed by atoms with Crippen LogP contribution in [0.4, 0.5) is 0 Å². The molecule has 7 nitrogen and oxygen atoms in total. The van der Waals surface area contributed by atoms with Gasteiger partial charge in [-0.3, -0.25) is 20.4 Å². The summed E-state index contributed by atoms with van der Waals surface area (Å²) in [5.41, 5.74) is 4.80. The molecule has 2 rings (SSSR count). The van der Waals surface area contributed by atoms with Gasteiger partial charge in [0.05, 0.1) is 9.77 Å². The topological polar surface area (TPSA) is 104 Å². The molecule has 0 spiro atoms. The third-order valence-electron chi connectivity index (χ3n) is 2.85. The zero-order chi connectivity index (χ0) is 17.7. The number of nitrogens with one attached hydrogen (secondary N) is 3. The monoisotopic (exact) mass is 367 g/mol. The lowest BCUT2D eigenvalue weighted by Gasteiger charge is -2.10. The summed E-state index contributed by atoms with van der Waals surface area (Å²) in [5.74, 6) is -0.959. The molecule has 24 heavy (non-hydrogen) atoms. The Morgan fingerprint density at radius 3 is 2.17 bits per heavy atom. The second-order valence-corrected chi connectivity index (χ2v) is 7.85. The number of carbonyl (C=O) groups excluding carboxylic acids is 2. The molecule has 0 aliphatic rings. The summed E-state index contributed by atoms with van der Waals surface area (Å²) in [6, 6.07) is 8.55. The van der Waals surface area contributed by atoms with Gasteiger partial charge in [0.1, 0.15) is 0 Å². The Balaban J connectivity index is 2.00. The summed E-state index contributed by atoms with van der Waals surface area (Å²) in [4.78, 5) is 24.2. The predicted octanol–water partition coefficient (Wildman–Crippen LogP) is 1.51. The summed E-state index contributed by atoms with van der Waals surface area (Å²) >= 11 is 1.25. The van der Waals surface area contributed by atoms with Gasteiger partial charge in [0.25, 0.3) is 11.8 Å². The number of benzene rings is 1. The number of hydrogen-bond acceptors (Lipinski definition) is 5. The normalized spacial score (nSPS) is 11.3. The minimum absolute atomic E-state index is 0.0652. The molecule has 3 N–H and O–H groups in total. The Morgan fingerprint density at radius 1 is 1.00 bits per heavy atom. The molecule has 0 atom stereocenters. The first-order valence-corrected chi connectivity index (χ1v) is 9.42. The lowest BCUT2D eigenvalue weighted by molar-refractivity contribution is 0.0849. The molecule has 0 aliphatic heterocycles. The van der Waals surface area contributed by atoms with E-state index in [1.807, 2.05) is 0 Å². The van der Waals surface area contributed by atoms with Gasteiger partial charge in [-0.05, 0) is 49.6 Å². The number of hydrazine groups is 1. The minimum Gasteiger partial charge on any atom is -0.267 e. The van der Waals surface area contributed by atoms with E-state index >= 15 is 0 Å². The standard InChI is InChI=1S/C15H17N3O4S2/c1-10(2)18-24(21,22)12-7-5-11(6-8-12)14(19)16-17-15(20)13-4-3-9-23-13/h3-10,18H,1-2H3,(H,16,19)(H,17,20). The fraction of sp³-hybridized carbons (Fsp3) is 0.200. The molecule has 9 heteroatoms. The van der Waals surface area contributed by atoms with Gasteiger partial charge in [0, 0.05) is 11.6 Å². The van der Waals surface area contributed by atoms with Crippen molar-refractivity contribution in [2.24, 2.45) is 0 Å². The Morgan fingerprint density at radius 2 is 1.62 bits per heavy atom. The van der Waals surface area contributed by atoms with Crippen LogP contribution in [0, 0.1) is 0 Å². The number of sulfonamides is 1. The van der Waals surface area contributed by atoms with Crippen molar-refractivity contribution in [2.75, 3.05) is 0 Å². The van der Waals surface area contributed by atoms with Gasteiger partial charge in [0.15, 0.2) is 0 Å². The first kappa shape index (κ1) is 18.1. The molecule has 0 saturated heterocycles. The minimum atomic E-state index is -3.61. The van der Waals surface area contributed by atoms with Crippen LogP contribution in [0.2, 0.25) is 0 Å². The molecule has 2 amide bonds. The molecule has 1 aromatic heterocycles. The number of hydrogen-bond donors (Lipinski definition) is 3. The maximum absolute atomic E-state index is 12.0. The van der Waals surface area contributed by atoms with Crippen molar-refractivity contribution in [1.82, 2.24) is 15.6 Å². The zero-order valence-corrected chi connectivity index (χ0v) is 14.7. The first-order valence-electron chi connectivity index (χ1n) is 7.06. The molecule has 0 bridgehead atoms. The zero-order valence-electron chi connectivity index (χ0n) is 13.1. The van der Waals surface area contributed by atoms with Crippen LogP contribution in [0.1, 0.15) is 33.9 Å². The van der Waals surface area contributed by atoms with Gasteiger partial charge in [-0.25, -0.2) is 13.1 Å². The summed E-state index contributed by atoms with van der Waals surface area (Å²) in [6.07, 6.45) is 0. The SMILES string of the molecule is CC(C)NS(=O)(=O)c1ccc(C(=O)NNC(=O)c2cccs2)cc1. The van der Waals surface area contributed by atoms with E-state index in [-0.39, 0.29) is 16.5 Å². The molecule has 128 valence electrons. The second-order valence-electron chi connectivity index (χ2n) is 5.19. The molecule has 0 fully saturated rings. The van der Waals surface area contributed by atoms with E-state index < -0.39 is 21.8 Å². The van der Waals surface area contributed by atoms with E-state index in [9.17, 15) is 18.0 Å². The third kappa shape index (κ3) is 4.63. The van der Waals surface area contributed by atoms with Crippen molar-refractivity contribution in [1.29, 1.82) is 0 Å². The Kier molecular flexibility index (Phi) is 5.71. The van der Waals surface area contributed by atoms with E-state index in [1.54, 1.807) is 31.4 Å². The molecule has 1 heterocycles. The van der Waals surface area contributed by atoms with Gasteiger partial charge in [-0.2, -0.15) is 0 Å². The van der Waals surface area contributed by atoms with E-state index in [0.717, 1.165) is 0 Å². The van der Waals surface area contributed by atoms with Crippen LogP contribution >= 0.6 is 11.3 Å². The summed E-state index contributed by atoms with van der Waals surface area (Å²) < 4.78 is 26.5. The van der Waals surface area contributed by atoms with Gasteiger partial charge < -0.3 is 0 Å². The summed E-state index contributed by atoms with van der Waals surface area (Å²) in [5, 5.41) is 1.75. The van der Waals surface area contributed by atoms with Gasteiger partial charge in [0.2, 0.25) is 10.0 Å². The largest absolute Gasteiger partial charge is 0.279 e. The quantitative estimate of drug-likeness (QED) is 0.697. The number of carbonyl (C=O) groups is 2. The maximum atomic E-state index is 12.0. The summed E-state index contributed by atoms with van der Waals surface area (Å²) in [7, 11) is -3.61. The van der Waals surface area contributed by atoms with Crippen molar-refractivity contribution in [3.8, 4) is 0 Å². The van der Waals surface area contributed by atoms with Crippen molar-refractivity contribution in [3.05, 3.63) is 52.2 Å². The molecular formula is C15H17N3O4S2. The fourth-order valence-corrected chi connectivity index (χ4v) is 3.69. The van der Waals surface area contributed by atoms with Crippen LogP contribution in [-0.4, -0.2) is 26.3 Å². The fourth-order valence-electron chi connectivity index (χ4n) is 1.82. The highest BCUT2D eigenvalue weighted by Crippen LogP contribution is 2.11. The molecular weight excluding hydrogens is 350 g/mol. The van der Waals surface area contributed by atoms with Gasteiger partial charge in [-0.15, -0.1) is 11.3 Å². The van der Waals surface area contributed by atoms with E-state index in [1.165, 1.54) is 35.6 Å². The van der Waals surface area contributed by atoms with Crippen molar-refractivity contribution in [3.63, 3.8) is 0 Å². The molecule has 1 aromatic carbocycles. The highest BCUT2D eigenvalue weighted by molar-refractivity contribution is 7.89. The molecule has 0 radical (unpaired) electrons. The molecule has 0 aliphatic carbocycles. The van der Waals surface area contributed by atoms with Crippen LogP contribution in [0.25, 0.3) is 0 Å². The van der Waals surface area contributed by atoms with Crippen LogP contribution in [0.15, 0.2) is 46.7 Å². The number of amides is 2. The maximum Gasteiger partial charge on any atom is 0.279 e. The molecule has 0 saturated carbocycles. The first-order chi connectivity index (χ1) is 11.3. The second kappa shape index (κ2) is 7.56. The average molecular weight is 367 g/mol. The molecule has 0 unspecified atom stereocenters. The summed E-state index contributed by atoms with van der Waals surface area (Å²) in [6.45, 7) is 3.44. The van der Waals surface area contributed by atoms with Gasteiger partial charge >= 0.3 is 0 Å². The third-order valence-corrected chi connectivity index (χ3v) is 5.40. The Bertz CT molecular complexity index is 813. The highest BCUT2D eigenvalue weighted by atomic mass is 32.2. The Labute approximate surface area is 144 Å². The molecule has 2 aromatic rings. The van der Waals surface area contributed by atoms with E-state index in [4.69, 9.17) is 0 Å². The average Bonchev–Trinajstić information content (AvgIpc) is 3.05. The van der Waals surface area contributed by atoms with E-state index in [2.05, 4.69) is 15.6 Å². The van der Waals surface area contributed by atoms with Crippen molar-refractivity contribution >= 4 is 33.2 Å². The smallest absolute Gasteiger partial charge is 0.267 e. The van der Waals surface area contributed by atoms with Crippen LogP contribution in [-0.2, 0) is 10.0 Å². The van der Waals surface area contributed by atoms with Crippen molar-refractivity contribution < 1.29 is 18.0 Å². The van der Waals surface area contributed by atoms with E-state index in [0.29, 0.717) is 4.88 Å². The van der Waals surface area contributed by atoms with Crippen LogP contribution < -0.4 is 15.6 Å². The van der Waals surface area contributed by atoms with Gasteiger partial charge in [-0.1, -0.05) is 6.07 Å². The Hall–Kier alpha value is -2.23. The van der Waals surface area contributed by atoms with Crippen LogP contribution in [0.3, 0.4) is 0 Å². The highest BCUT2D eigenvalue weighted by Gasteiger charge is 2.16.